The highest BCUT2D eigenvalue weighted by molar-refractivity contribution is 6.62. The van der Waals surface area contributed by atoms with Crippen molar-refractivity contribution < 1.29 is 14.4 Å². The van der Waals surface area contributed by atoms with Gasteiger partial charge in [-0.2, -0.15) is 0 Å². The molecule has 0 aromatic carbocycles. The molecule has 1 fully saturated rings. The summed E-state index contributed by atoms with van der Waals surface area (Å²) in [7, 11) is -0.386. The lowest BCUT2D eigenvalue weighted by atomic mass is 9.80. The van der Waals surface area contributed by atoms with Crippen LogP contribution in [0.1, 0.15) is 27.7 Å². The molecule has 5 nitrogen and oxygen atoms in total. The van der Waals surface area contributed by atoms with Gasteiger partial charge in [-0.1, -0.05) is 0 Å². The van der Waals surface area contributed by atoms with E-state index in [1.165, 1.54) is 0 Å². The molecule has 1 aliphatic rings. The van der Waals surface area contributed by atoms with Crippen LogP contribution in [0.25, 0.3) is 0 Å². The number of rotatable bonds is 4. The van der Waals surface area contributed by atoms with E-state index >= 15 is 0 Å². The lowest BCUT2D eigenvalue weighted by Gasteiger charge is -2.32. The Morgan fingerprint density at radius 3 is 2.47 bits per heavy atom. The van der Waals surface area contributed by atoms with Crippen LogP contribution in [0.3, 0.4) is 0 Å². The average molecular weight is 264 g/mol. The summed E-state index contributed by atoms with van der Waals surface area (Å²) >= 11 is 0. The first-order valence-corrected chi connectivity index (χ1v) is 6.52. The Bertz CT molecular complexity index is 435. The molecule has 19 heavy (non-hydrogen) atoms. The standard InChI is InChI=1S/C13H21BN2O3/c1-12(2)13(3,4)19-14(18-12)10-5-6-15-11(9-10)16-7-8-17/h5-6,9,17H,7-8H2,1-4H3,(H,15,16). The largest absolute Gasteiger partial charge is 0.495 e. The molecule has 2 heterocycles. The highest BCUT2D eigenvalue weighted by Gasteiger charge is 2.51. The van der Waals surface area contributed by atoms with Crippen LogP contribution < -0.4 is 10.8 Å². The molecule has 0 aliphatic carbocycles. The summed E-state index contributed by atoms with van der Waals surface area (Å²) in [5.41, 5.74) is 0.230. The van der Waals surface area contributed by atoms with Crippen molar-refractivity contribution in [3.8, 4) is 0 Å². The van der Waals surface area contributed by atoms with E-state index in [2.05, 4.69) is 10.3 Å². The van der Waals surface area contributed by atoms with Gasteiger partial charge in [-0.25, -0.2) is 4.98 Å². The van der Waals surface area contributed by atoms with Gasteiger partial charge in [0.1, 0.15) is 5.82 Å². The third-order valence-corrected chi connectivity index (χ3v) is 3.73. The summed E-state index contributed by atoms with van der Waals surface area (Å²) < 4.78 is 12.0. The van der Waals surface area contributed by atoms with Crippen LogP contribution in [0.5, 0.6) is 0 Å². The summed E-state index contributed by atoms with van der Waals surface area (Å²) in [5.74, 6) is 0.710. The summed E-state index contributed by atoms with van der Waals surface area (Å²) in [4.78, 5) is 4.19. The van der Waals surface area contributed by atoms with Gasteiger partial charge >= 0.3 is 7.12 Å². The van der Waals surface area contributed by atoms with E-state index in [1.54, 1.807) is 6.20 Å². The van der Waals surface area contributed by atoms with Crippen LogP contribution in [0, 0.1) is 0 Å². The third kappa shape index (κ3) is 2.91. The molecule has 1 aromatic rings. The molecule has 0 bridgehead atoms. The van der Waals surface area contributed by atoms with E-state index in [0.717, 1.165) is 5.46 Å². The Kier molecular flexibility index (Phi) is 3.85. The lowest BCUT2D eigenvalue weighted by Crippen LogP contribution is -2.41. The van der Waals surface area contributed by atoms with E-state index in [0.29, 0.717) is 12.4 Å². The van der Waals surface area contributed by atoms with Crippen molar-refractivity contribution in [2.75, 3.05) is 18.5 Å². The second-order valence-electron chi connectivity index (χ2n) is 5.71. The minimum absolute atomic E-state index is 0.0718. The Morgan fingerprint density at radius 2 is 1.89 bits per heavy atom. The monoisotopic (exact) mass is 264 g/mol. The number of aliphatic hydroxyl groups is 1. The molecule has 2 N–H and O–H groups in total. The molecular formula is C13H21BN2O3. The van der Waals surface area contributed by atoms with Crippen LogP contribution in [0.4, 0.5) is 5.82 Å². The quantitative estimate of drug-likeness (QED) is 0.787. The molecule has 104 valence electrons. The second kappa shape index (κ2) is 5.11. The molecular weight excluding hydrogens is 243 g/mol. The van der Waals surface area contributed by atoms with Crippen molar-refractivity contribution in [2.24, 2.45) is 0 Å². The van der Waals surface area contributed by atoms with Crippen molar-refractivity contribution in [1.29, 1.82) is 0 Å². The molecule has 0 radical (unpaired) electrons. The highest BCUT2D eigenvalue weighted by atomic mass is 16.7. The third-order valence-electron chi connectivity index (χ3n) is 3.73. The first-order chi connectivity index (χ1) is 8.86. The van der Waals surface area contributed by atoms with Gasteiger partial charge in [0.25, 0.3) is 0 Å². The SMILES string of the molecule is CC1(C)OB(c2ccnc(NCCO)c2)OC1(C)C. The maximum atomic E-state index is 8.81. The van der Waals surface area contributed by atoms with Crippen LogP contribution >= 0.6 is 0 Å². The number of nitrogens with one attached hydrogen (secondary N) is 1. The summed E-state index contributed by atoms with van der Waals surface area (Å²) in [6, 6.07) is 3.77. The fraction of sp³-hybridized carbons (Fsp3) is 0.615. The van der Waals surface area contributed by atoms with Gasteiger partial charge < -0.3 is 19.7 Å². The number of nitrogens with zero attached hydrogens (tertiary/aromatic N) is 1. The van der Waals surface area contributed by atoms with E-state index in [-0.39, 0.29) is 24.9 Å². The Balaban J connectivity index is 2.15. The first kappa shape index (κ1) is 14.3. The van der Waals surface area contributed by atoms with Gasteiger partial charge in [-0.05, 0) is 45.3 Å². The molecule has 0 saturated carbocycles. The maximum absolute atomic E-state index is 8.81. The minimum Gasteiger partial charge on any atom is -0.399 e. The van der Waals surface area contributed by atoms with Gasteiger partial charge in [-0.3, -0.25) is 0 Å². The van der Waals surface area contributed by atoms with Crippen LogP contribution in [-0.4, -0.2) is 41.6 Å². The van der Waals surface area contributed by atoms with Crippen LogP contribution in [0.15, 0.2) is 18.3 Å². The smallest absolute Gasteiger partial charge is 0.399 e. The van der Waals surface area contributed by atoms with Crippen LogP contribution in [0.2, 0.25) is 0 Å². The second-order valence-corrected chi connectivity index (χ2v) is 5.71. The van der Waals surface area contributed by atoms with E-state index in [9.17, 15) is 0 Å². The first-order valence-electron chi connectivity index (χ1n) is 6.52. The molecule has 6 heteroatoms. The van der Waals surface area contributed by atoms with Crippen molar-refractivity contribution in [3.63, 3.8) is 0 Å². The van der Waals surface area contributed by atoms with Gasteiger partial charge in [0.05, 0.1) is 17.8 Å². The number of hydrogen-bond acceptors (Lipinski definition) is 5. The Hall–Kier alpha value is -1.11. The van der Waals surface area contributed by atoms with Gasteiger partial charge in [0, 0.05) is 12.7 Å². The van der Waals surface area contributed by atoms with Crippen molar-refractivity contribution >= 4 is 18.4 Å². The van der Waals surface area contributed by atoms with E-state index in [4.69, 9.17) is 14.4 Å². The molecule has 1 aliphatic heterocycles. The summed E-state index contributed by atoms with van der Waals surface area (Å²) in [6.45, 7) is 8.65. The van der Waals surface area contributed by atoms with Crippen molar-refractivity contribution in [1.82, 2.24) is 4.98 Å². The highest BCUT2D eigenvalue weighted by Crippen LogP contribution is 2.36. The Labute approximate surface area is 114 Å². The molecule has 0 amide bonds. The topological polar surface area (TPSA) is 63.6 Å². The number of anilines is 1. The molecule has 0 unspecified atom stereocenters. The predicted octanol–water partition coefficient (Wildman–Crippen LogP) is 0.785. The molecule has 1 saturated heterocycles. The fourth-order valence-corrected chi connectivity index (χ4v) is 1.85. The molecule has 1 aromatic heterocycles. The lowest BCUT2D eigenvalue weighted by molar-refractivity contribution is 0.00578. The fourth-order valence-electron chi connectivity index (χ4n) is 1.85. The zero-order chi connectivity index (χ0) is 14.1. The minimum atomic E-state index is -0.386. The molecule has 0 atom stereocenters. The number of hydrogen-bond donors (Lipinski definition) is 2. The summed E-state index contributed by atoms with van der Waals surface area (Å²) in [6.07, 6.45) is 1.71. The van der Waals surface area contributed by atoms with E-state index in [1.807, 2.05) is 39.8 Å². The van der Waals surface area contributed by atoms with Gasteiger partial charge in [0.2, 0.25) is 0 Å². The van der Waals surface area contributed by atoms with E-state index < -0.39 is 0 Å². The van der Waals surface area contributed by atoms with Crippen molar-refractivity contribution in [3.05, 3.63) is 18.3 Å². The average Bonchev–Trinajstić information content (AvgIpc) is 2.56. The zero-order valence-electron chi connectivity index (χ0n) is 11.9. The number of aromatic nitrogens is 1. The zero-order valence-corrected chi connectivity index (χ0v) is 11.9. The van der Waals surface area contributed by atoms with Crippen molar-refractivity contribution in [2.45, 2.75) is 38.9 Å². The van der Waals surface area contributed by atoms with Gasteiger partial charge in [0.15, 0.2) is 0 Å². The maximum Gasteiger partial charge on any atom is 0.495 e. The normalized spacial score (nSPS) is 20.6. The summed E-state index contributed by atoms with van der Waals surface area (Å²) in [5, 5.41) is 11.8. The number of pyridine rings is 1. The molecule has 0 spiro atoms. The van der Waals surface area contributed by atoms with Crippen LogP contribution in [-0.2, 0) is 9.31 Å². The predicted molar refractivity (Wildman–Crippen MR) is 75.5 cm³/mol. The number of aliphatic hydroxyl groups excluding tert-OH is 1. The Morgan fingerprint density at radius 1 is 1.26 bits per heavy atom. The molecule has 2 rings (SSSR count). The van der Waals surface area contributed by atoms with Gasteiger partial charge in [-0.15, -0.1) is 0 Å².